The Labute approximate surface area is 75.7 Å². The fourth-order valence-electron chi connectivity index (χ4n) is 1.48. The third-order valence-corrected chi connectivity index (χ3v) is 3.12. The Morgan fingerprint density at radius 1 is 1.33 bits per heavy atom. The lowest BCUT2D eigenvalue weighted by Gasteiger charge is -2.35. The van der Waals surface area contributed by atoms with E-state index in [2.05, 4.69) is 26.1 Å². The van der Waals surface area contributed by atoms with E-state index in [-0.39, 0.29) is 0 Å². The lowest BCUT2D eigenvalue weighted by molar-refractivity contribution is 0.0119. The molecule has 0 spiro atoms. The average Bonchev–Trinajstić information content (AvgIpc) is 1.97. The number of hydrogen-bond acceptors (Lipinski definition) is 2. The van der Waals surface area contributed by atoms with Gasteiger partial charge in [-0.1, -0.05) is 20.8 Å². The minimum absolute atomic E-state index is 0.368. The van der Waals surface area contributed by atoms with E-state index in [1.165, 1.54) is 6.42 Å². The van der Waals surface area contributed by atoms with Gasteiger partial charge in [0.2, 0.25) is 0 Å². The van der Waals surface area contributed by atoms with Crippen LogP contribution in [-0.4, -0.2) is 26.3 Å². The standard InChI is InChI=1S/C10H21NO/c1-9(2)10(3)4-5-11-6-7-12-8-10/h9,11H,4-8H2,1-3H3. The van der Waals surface area contributed by atoms with Gasteiger partial charge in [-0.3, -0.25) is 0 Å². The summed E-state index contributed by atoms with van der Waals surface area (Å²) in [5.74, 6) is 0.706. The van der Waals surface area contributed by atoms with Crippen molar-refractivity contribution in [3.8, 4) is 0 Å². The van der Waals surface area contributed by atoms with Crippen LogP contribution in [0.1, 0.15) is 27.2 Å². The summed E-state index contributed by atoms with van der Waals surface area (Å²) in [6.45, 7) is 10.8. The largest absolute Gasteiger partial charge is 0.380 e. The van der Waals surface area contributed by atoms with Crippen molar-refractivity contribution in [2.75, 3.05) is 26.3 Å². The maximum atomic E-state index is 5.59. The highest BCUT2D eigenvalue weighted by Crippen LogP contribution is 2.31. The number of nitrogens with one attached hydrogen (secondary N) is 1. The molecule has 0 bridgehead atoms. The molecule has 1 unspecified atom stereocenters. The molecule has 0 aliphatic carbocycles. The maximum Gasteiger partial charge on any atom is 0.0591 e. The van der Waals surface area contributed by atoms with Gasteiger partial charge in [-0.05, 0) is 24.3 Å². The van der Waals surface area contributed by atoms with Crippen molar-refractivity contribution >= 4 is 0 Å². The van der Waals surface area contributed by atoms with Gasteiger partial charge in [-0.2, -0.15) is 0 Å². The number of rotatable bonds is 1. The van der Waals surface area contributed by atoms with Crippen molar-refractivity contribution < 1.29 is 4.74 Å². The zero-order chi connectivity index (χ0) is 9.03. The van der Waals surface area contributed by atoms with E-state index in [1.54, 1.807) is 0 Å². The second-order valence-corrected chi connectivity index (χ2v) is 4.36. The van der Waals surface area contributed by atoms with Crippen LogP contribution < -0.4 is 5.32 Å². The maximum absolute atomic E-state index is 5.59. The zero-order valence-electron chi connectivity index (χ0n) is 8.52. The first kappa shape index (κ1) is 10.0. The van der Waals surface area contributed by atoms with Gasteiger partial charge in [-0.15, -0.1) is 0 Å². The lowest BCUT2D eigenvalue weighted by Crippen LogP contribution is -2.37. The Bertz CT molecular complexity index is 126. The molecule has 1 N–H and O–H groups in total. The van der Waals surface area contributed by atoms with E-state index in [1.807, 2.05) is 0 Å². The second-order valence-electron chi connectivity index (χ2n) is 4.36. The van der Waals surface area contributed by atoms with Gasteiger partial charge in [0.25, 0.3) is 0 Å². The Morgan fingerprint density at radius 2 is 2.08 bits per heavy atom. The third kappa shape index (κ3) is 2.46. The minimum atomic E-state index is 0.368. The molecule has 1 atom stereocenters. The summed E-state index contributed by atoms with van der Waals surface area (Å²) >= 11 is 0. The quantitative estimate of drug-likeness (QED) is 0.648. The van der Waals surface area contributed by atoms with Crippen molar-refractivity contribution in [3.05, 3.63) is 0 Å². The summed E-state index contributed by atoms with van der Waals surface area (Å²) in [5, 5.41) is 3.37. The smallest absolute Gasteiger partial charge is 0.0591 e. The molecule has 0 aromatic carbocycles. The van der Waals surface area contributed by atoms with Gasteiger partial charge in [-0.25, -0.2) is 0 Å². The second kappa shape index (κ2) is 4.24. The van der Waals surface area contributed by atoms with E-state index < -0.39 is 0 Å². The van der Waals surface area contributed by atoms with Crippen molar-refractivity contribution in [2.45, 2.75) is 27.2 Å². The van der Waals surface area contributed by atoms with Crippen LogP contribution in [-0.2, 0) is 4.74 Å². The highest BCUT2D eigenvalue weighted by molar-refractivity contribution is 4.79. The SMILES string of the molecule is CC(C)C1(C)CCNCCOC1. The topological polar surface area (TPSA) is 21.3 Å². The molecule has 0 aromatic heterocycles. The molecular formula is C10H21NO. The van der Waals surface area contributed by atoms with E-state index in [9.17, 15) is 0 Å². The first-order chi connectivity index (χ1) is 5.65. The molecule has 1 rings (SSSR count). The first-order valence-corrected chi connectivity index (χ1v) is 4.93. The van der Waals surface area contributed by atoms with E-state index >= 15 is 0 Å². The van der Waals surface area contributed by atoms with Gasteiger partial charge in [0.1, 0.15) is 0 Å². The Morgan fingerprint density at radius 3 is 2.75 bits per heavy atom. The van der Waals surface area contributed by atoms with Gasteiger partial charge in [0.15, 0.2) is 0 Å². The summed E-state index contributed by atoms with van der Waals surface area (Å²) in [6.07, 6.45) is 1.23. The Balaban J connectivity index is 2.48. The van der Waals surface area contributed by atoms with E-state index in [0.717, 1.165) is 26.3 Å². The molecule has 1 aliphatic heterocycles. The minimum Gasteiger partial charge on any atom is -0.380 e. The highest BCUT2D eigenvalue weighted by atomic mass is 16.5. The van der Waals surface area contributed by atoms with E-state index in [4.69, 9.17) is 4.74 Å². The predicted molar refractivity (Wildman–Crippen MR) is 51.3 cm³/mol. The van der Waals surface area contributed by atoms with E-state index in [0.29, 0.717) is 11.3 Å². The molecule has 2 nitrogen and oxygen atoms in total. The molecule has 1 saturated heterocycles. The molecule has 0 radical (unpaired) electrons. The van der Waals surface area contributed by atoms with Crippen LogP contribution in [0.2, 0.25) is 0 Å². The van der Waals surface area contributed by atoms with Crippen LogP contribution in [0.25, 0.3) is 0 Å². The summed E-state index contributed by atoms with van der Waals surface area (Å²) in [4.78, 5) is 0. The predicted octanol–water partition coefficient (Wildman–Crippen LogP) is 1.66. The monoisotopic (exact) mass is 171 g/mol. The average molecular weight is 171 g/mol. The normalized spacial score (nSPS) is 33.0. The number of ether oxygens (including phenoxy) is 1. The molecule has 0 saturated carbocycles. The summed E-state index contributed by atoms with van der Waals surface area (Å²) in [5.41, 5.74) is 0.368. The van der Waals surface area contributed by atoms with Gasteiger partial charge in [0.05, 0.1) is 13.2 Å². The summed E-state index contributed by atoms with van der Waals surface area (Å²) in [7, 11) is 0. The van der Waals surface area contributed by atoms with Crippen molar-refractivity contribution in [3.63, 3.8) is 0 Å². The van der Waals surface area contributed by atoms with Gasteiger partial charge in [0, 0.05) is 6.54 Å². The van der Waals surface area contributed by atoms with Crippen LogP contribution in [0.5, 0.6) is 0 Å². The zero-order valence-corrected chi connectivity index (χ0v) is 8.52. The van der Waals surface area contributed by atoms with Crippen LogP contribution >= 0.6 is 0 Å². The fraction of sp³-hybridized carbons (Fsp3) is 1.00. The molecule has 72 valence electrons. The highest BCUT2D eigenvalue weighted by Gasteiger charge is 2.28. The van der Waals surface area contributed by atoms with Gasteiger partial charge < -0.3 is 10.1 Å². The van der Waals surface area contributed by atoms with Gasteiger partial charge >= 0.3 is 0 Å². The summed E-state index contributed by atoms with van der Waals surface area (Å²) < 4.78 is 5.59. The molecule has 12 heavy (non-hydrogen) atoms. The van der Waals surface area contributed by atoms with Crippen LogP contribution in [0.4, 0.5) is 0 Å². The molecule has 0 amide bonds. The van der Waals surface area contributed by atoms with Crippen molar-refractivity contribution in [1.29, 1.82) is 0 Å². The molecule has 1 heterocycles. The first-order valence-electron chi connectivity index (χ1n) is 4.93. The fourth-order valence-corrected chi connectivity index (χ4v) is 1.48. The van der Waals surface area contributed by atoms with Crippen molar-refractivity contribution in [1.82, 2.24) is 5.32 Å². The molecule has 0 aromatic rings. The third-order valence-electron chi connectivity index (χ3n) is 3.12. The van der Waals surface area contributed by atoms with Crippen molar-refractivity contribution in [2.24, 2.45) is 11.3 Å². The molecule has 1 aliphatic rings. The lowest BCUT2D eigenvalue weighted by atomic mass is 9.77. The molecule has 1 fully saturated rings. The Hall–Kier alpha value is -0.0800. The van der Waals surface area contributed by atoms with Crippen LogP contribution in [0, 0.1) is 11.3 Å². The summed E-state index contributed by atoms with van der Waals surface area (Å²) in [6, 6.07) is 0. The Kier molecular flexibility index (Phi) is 3.53. The molecular weight excluding hydrogens is 150 g/mol. The molecule has 2 heteroatoms. The number of hydrogen-bond donors (Lipinski definition) is 1. The van der Waals surface area contributed by atoms with Crippen LogP contribution in [0.15, 0.2) is 0 Å². The van der Waals surface area contributed by atoms with Crippen LogP contribution in [0.3, 0.4) is 0 Å².